The highest BCUT2D eigenvalue weighted by Crippen LogP contribution is 2.32. The first-order chi connectivity index (χ1) is 13.6. The van der Waals surface area contributed by atoms with Gasteiger partial charge in [-0.15, -0.1) is 10.2 Å². The number of methoxy groups -OCH3 is 1. The number of nitrogens with one attached hydrogen (secondary N) is 1. The summed E-state index contributed by atoms with van der Waals surface area (Å²) in [7, 11) is 1.56. The molecule has 4 aromatic rings. The number of fused-ring (bicyclic) bond motifs is 1. The highest BCUT2D eigenvalue weighted by molar-refractivity contribution is 8.00. The second-order valence-corrected chi connectivity index (χ2v) is 7.92. The van der Waals surface area contributed by atoms with Gasteiger partial charge >= 0.3 is 5.63 Å². The van der Waals surface area contributed by atoms with Crippen molar-refractivity contribution in [2.24, 2.45) is 0 Å². The third kappa shape index (κ3) is 4.00. The molecule has 4 rings (SSSR count). The van der Waals surface area contributed by atoms with Crippen molar-refractivity contribution in [2.45, 2.75) is 10.1 Å². The molecule has 0 radical (unpaired) electrons. The molecule has 0 atom stereocenters. The number of anilines is 2. The molecule has 2 aromatic carbocycles. The smallest absolute Gasteiger partial charge is 0.336 e. The molecule has 0 fully saturated rings. The molecular weight excluding hydrogens is 401 g/mol. The highest BCUT2D eigenvalue weighted by atomic mass is 32.2. The van der Waals surface area contributed by atoms with E-state index in [1.54, 1.807) is 31.4 Å². The van der Waals surface area contributed by atoms with E-state index in [-0.39, 0.29) is 5.82 Å². The van der Waals surface area contributed by atoms with Gasteiger partial charge in [0, 0.05) is 23.3 Å². The van der Waals surface area contributed by atoms with Gasteiger partial charge in [-0.1, -0.05) is 35.2 Å². The third-order valence-electron chi connectivity index (χ3n) is 3.91. The van der Waals surface area contributed by atoms with Crippen molar-refractivity contribution in [2.75, 3.05) is 12.4 Å². The number of nitrogens with zero attached hydrogens (tertiary/aromatic N) is 2. The summed E-state index contributed by atoms with van der Waals surface area (Å²) in [6.45, 7) is 0. The van der Waals surface area contributed by atoms with Crippen LogP contribution in [0.25, 0.3) is 11.0 Å². The number of para-hydroxylation sites is 1. The van der Waals surface area contributed by atoms with Crippen LogP contribution in [0.15, 0.2) is 62.1 Å². The van der Waals surface area contributed by atoms with E-state index in [0.29, 0.717) is 32.2 Å². The first-order valence-electron chi connectivity index (χ1n) is 8.21. The summed E-state index contributed by atoms with van der Waals surface area (Å²) in [6, 6.07) is 13.2. The number of hydrogen-bond acceptors (Lipinski definition) is 8. The van der Waals surface area contributed by atoms with Crippen molar-refractivity contribution < 1.29 is 13.5 Å². The number of rotatable bonds is 6. The molecule has 0 bridgehead atoms. The lowest BCUT2D eigenvalue weighted by Gasteiger charge is -2.05. The van der Waals surface area contributed by atoms with Crippen LogP contribution in [0.5, 0.6) is 5.75 Å². The van der Waals surface area contributed by atoms with Gasteiger partial charge in [-0.3, -0.25) is 0 Å². The van der Waals surface area contributed by atoms with Gasteiger partial charge in [0.2, 0.25) is 5.13 Å². The molecule has 9 heteroatoms. The van der Waals surface area contributed by atoms with Crippen molar-refractivity contribution in [1.82, 2.24) is 10.2 Å². The first-order valence-corrected chi connectivity index (χ1v) is 10.0. The SMILES string of the molecule is COc1ccc2c(CSc3nnc(Nc4ccccc4F)s3)cc(=O)oc2c1. The zero-order valence-electron chi connectivity index (χ0n) is 14.6. The zero-order chi connectivity index (χ0) is 19.5. The van der Waals surface area contributed by atoms with Gasteiger partial charge in [0.15, 0.2) is 4.34 Å². The molecule has 0 spiro atoms. The Morgan fingerprint density at radius 3 is 2.89 bits per heavy atom. The number of aromatic nitrogens is 2. The van der Waals surface area contributed by atoms with Crippen molar-refractivity contribution in [3.05, 3.63) is 70.3 Å². The molecule has 0 unspecified atom stereocenters. The lowest BCUT2D eigenvalue weighted by atomic mass is 10.1. The van der Waals surface area contributed by atoms with Crippen LogP contribution in [-0.4, -0.2) is 17.3 Å². The monoisotopic (exact) mass is 415 g/mol. The van der Waals surface area contributed by atoms with Gasteiger partial charge in [-0.2, -0.15) is 0 Å². The van der Waals surface area contributed by atoms with Crippen LogP contribution in [0.4, 0.5) is 15.2 Å². The molecule has 0 saturated carbocycles. The normalized spacial score (nSPS) is 10.9. The minimum absolute atomic E-state index is 0.343. The predicted octanol–water partition coefficient (Wildman–Crippen LogP) is 4.83. The van der Waals surface area contributed by atoms with Gasteiger partial charge in [-0.05, 0) is 29.8 Å². The van der Waals surface area contributed by atoms with Crippen LogP contribution in [0.1, 0.15) is 5.56 Å². The molecule has 0 aliphatic rings. The zero-order valence-corrected chi connectivity index (χ0v) is 16.3. The summed E-state index contributed by atoms with van der Waals surface area (Å²) >= 11 is 2.75. The topological polar surface area (TPSA) is 77.3 Å². The molecule has 28 heavy (non-hydrogen) atoms. The standard InChI is InChI=1S/C19H14FN3O3S2/c1-25-12-6-7-13-11(8-17(24)26-16(13)9-12)10-27-19-23-22-18(28-19)21-15-5-3-2-4-14(15)20/h2-9H,10H2,1H3,(H,21,22). The second kappa shape index (κ2) is 7.99. The average molecular weight is 415 g/mol. The maximum Gasteiger partial charge on any atom is 0.336 e. The fourth-order valence-electron chi connectivity index (χ4n) is 2.59. The van der Waals surface area contributed by atoms with Gasteiger partial charge in [0.25, 0.3) is 0 Å². The highest BCUT2D eigenvalue weighted by Gasteiger charge is 2.11. The Morgan fingerprint density at radius 1 is 1.21 bits per heavy atom. The van der Waals surface area contributed by atoms with E-state index < -0.39 is 5.63 Å². The molecule has 0 aliphatic carbocycles. The van der Waals surface area contributed by atoms with E-state index >= 15 is 0 Å². The maximum atomic E-state index is 13.7. The molecule has 142 valence electrons. The Hall–Kier alpha value is -2.91. The molecule has 6 nitrogen and oxygen atoms in total. The van der Waals surface area contributed by atoms with Crippen molar-refractivity contribution >= 4 is 44.9 Å². The van der Waals surface area contributed by atoms with Gasteiger partial charge in [-0.25, -0.2) is 9.18 Å². The summed E-state index contributed by atoms with van der Waals surface area (Å²) in [5, 5.41) is 12.4. The van der Waals surface area contributed by atoms with Crippen molar-refractivity contribution in [3.63, 3.8) is 0 Å². The Bertz CT molecular complexity index is 1190. The second-order valence-electron chi connectivity index (χ2n) is 5.72. The fourth-order valence-corrected chi connectivity index (χ4v) is 4.35. The minimum atomic E-state index is -0.421. The van der Waals surface area contributed by atoms with E-state index in [1.165, 1.54) is 35.2 Å². The minimum Gasteiger partial charge on any atom is -0.497 e. The van der Waals surface area contributed by atoms with Crippen LogP contribution in [-0.2, 0) is 5.75 Å². The van der Waals surface area contributed by atoms with Crippen molar-refractivity contribution in [1.29, 1.82) is 0 Å². The van der Waals surface area contributed by atoms with Crippen LogP contribution >= 0.6 is 23.1 Å². The Morgan fingerprint density at radius 2 is 2.07 bits per heavy atom. The Balaban J connectivity index is 1.51. The number of ether oxygens (including phenoxy) is 1. The van der Waals surface area contributed by atoms with Crippen LogP contribution < -0.4 is 15.7 Å². The molecule has 0 aliphatic heterocycles. The number of thioether (sulfide) groups is 1. The molecule has 0 saturated heterocycles. The summed E-state index contributed by atoms with van der Waals surface area (Å²) in [6.07, 6.45) is 0. The maximum absolute atomic E-state index is 13.7. The Kier molecular flexibility index (Phi) is 5.27. The predicted molar refractivity (Wildman–Crippen MR) is 108 cm³/mol. The van der Waals surface area contributed by atoms with E-state index in [2.05, 4.69) is 15.5 Å². The van der Waals surface area contributed by atoms with Crippen LogP contribution in [0.2, 0.25) is 0 Å². The molecule has 2 aromatic heterocycles. The quantitative estimate of drug-likeness (QED) is 0.357. The third-order valence-corrected chi connectivity index (χ3v) is 5.93. The number of halogens is 1. The van der Waals surface area contributed by atoms with Crippen molar-refractivity contribution in [3.8, 4) is 5.75 Å². The number of hydrogen-bond donors (Lipinski definition) is 1. The first kappa shape index (κ1) is 18.5. The Labute approximate surface area is 167 Å². The van der Waals surface area contributed by atoms with Gasteiger partial charge in [0.05, 0.1) is 12.8 Å². The summed E-state index contributed by atoms with van der Waals surface area (Å²) in [5.41, 5.74) is 1.23. The summed E-state index contributed by atoms with van der Waals surface area (Å²) in [4.78, 5) is 11.9. The lowest BCUT2D eigenvalue weighted by molar-refractivity contribution is 0.414. The van der Waals surface area contributed by atoms with Crippen LogP contribution in [0, 0.1) is 5.82 Å². The lowest BCUT2D eigenvalue weighted by Crippen LogP contribution is -2.00. The van der Waals surface area contributed by atoms with Crippen LogP contribution in [0.3, 0.4) is 0 Å². The fraction of sp³-hybridized carbons (Fsp3) is 0.105. The number of benzene rings is 2. The molecular formula is C19H14FN3O3S2. The molecule has 0 amide bonds. The molecule has 1 N–H and O–H groups in total. The van der Waals surface area contributed by atoms with E-state index in [1.807, 2.05) is 12.1 Å². The largest absolute Gasteiger partial charge is 0.497 e. The average Bonchev–Trinajstić information content (AvgIpc) is 3.14. The summed E-state index contributed by atoms with van der Waals surface area (Å²) in [5.74, 6) is 0.779. The van der Waals surface area contributed by atoms with Gasteiger partial charge in [0.1, 0.15) is 17.1 Å². The van der Waals surface area contributed by atoms with E-state index in [9.17, 15) is 9.18 Å². The summed E-state index contributed by atoms with van der Waals surface area (Å²) < 4.78 is 24.9. The van der Waals surface area contributed by atoms with E-state index in [4.69, 9.17) is 9.15 Å². The van der Waals surface area contributed by atoms with Gasteiger partial charge < -0.3 is 14.5 Å². The molecule has 2 heterocycles. The van der Waals surface area contributed by atoms with E-state index in [0.717, 1.165) is 10.9 Å².